The van der Waals surface area contributed by atoms with Crippen LogP contribution in [0, 0.1) is 16.0 Å². The van der Waals surface area contributed by atoms with E-state index in [2.05, 4.69) is 10.6 Å². The first-order valence-electron chi connectivity index (χ1n) is 5.01. The Morgan fingerprint density at radius 2 is 2.47 bits per heavy atom. The number of ether oxygens (including phenoxy) is 1. The van der Waals surface area contributed by atoms with Crippen molar-refractivity contribution in [3.05, 3.63) is 22.1 Å². The number of nitrogens with one attached hydrogen (secondary N) is 2. The maximum Gasteiger partial charge on any atom is 0.274 e. The molecule has 0 saturated carbocycles. The first-order valence-corrected chi connectivity index (χ1v) is 5.01. The summed E-state index contributed by atoms with van der Waals surface area (Å²) in [4.78, 5) is 9.82. The molecule has 1 aliphatic rings. The fourth-order valence-electron chi connectivity index (χ4n) is 1.59. The first kappa shape index (κ1) is 11.8. The molecule has 0 bridgehead atoms. The quantitative estimate of drug-likeness (QED) is 0.509. The lowest BCUT2D eigenvalue weighted by molar-refractivity contribution is -0.404. The van der Waals surface area contributed by atoms with Crippen molar-refractivity contribution in [1.29, 1.82) is 0 Å². The van der Waals surface area contributed by atoms with E-state index in [0.29, 0.717) is 11.7 Å². The van der Waals surface area contributed by atoms with Crippen LogP contribution in [0.2, 0.25) is 0 Å². The maximum atomic E-state index is 10.3. The summed E-state index contributed by atoms with van der Waals surface area (Å²) in [7, 11) is 1.65. The average Bonchev–Trinajstić information content (AvgIpc) is 2.68. The molecule has 0 spiro atoms. The summed E-state index contributed by atoms with van der Waals surface area (Å²) >= 11 is 0. The van der Waals surface area contributed by atoms with Crippen LogP contribution in [-0.4, -0.2) is 31.2 Å². The molecule has 6 nitrogen and oxygen atoms in total. The van der Waals surface area contributed by atoms with Crippen molar-refractivity contribution >= 4 is 0 Å². The van der Waals surface area contributed by atoms with Crippen molar-refractivity contribution in [3.8, 4) is 0 Å². The lowest BCUT2D eigenvalue weighted by atomic mass is 10.0. The monoisotopic (exact) mass is 215 g/mol. The van der Waals surface area contributed by atoms with Gasteiger partial charge in [-0.05, 0) is 13.3 Å². The van der Waals surface area contributed by atoms with Gasteiger partial charge >= 0.3 is 0 Å². The predicted octanol–water partition coefficient (Wildman–Crippen LogP) is 0.296. The summed E-state index contributed by atoms with van der Waals surface area (Å²) in [6, 6.07) is 0.172. The molecular weight excluding hydrogens is 198 g/mol. The standard InChI is InChI=1S/C9H17N3O3/c1-7(8-3-4-15-6-8)11-9(10-2)5-12(13)14/h5,7-8,10-11H,3-4,6H2,1-2H3. The number of rotatable bonds is 5. The minimum Gasteiger partial charge on any atom is -0.381 e. The van der Waals surface area contributed by atoms with Crippen LogP contribution in [0.25, 0.3) is 0 Å². The summed E-state index contributed by atoms with van der Waals surface area (Å²) < 4.78 is 5.26. The fourth-order valence-corrected chi connectivity index (χ4v) is 1.59. The number of nitrogens with zero attached hydrogens (tertiary/aromatic N) is 1. The Bertz CT molecular complexity index is 249. The van der Waals surface area contributed by atoms with Gasteiger partial charge in [-0.2, -0.15) is 0 Å². The molecule has 1 fully saturated rings. The molecule has 2 unspecified atom stereocenters. The third-order valence-electron chi connectivity index (χ3n) is 2.56. The maximum absolute atomic E-state index is 10.3. The first-order chi connectivity index (χ1) is 7.13. The van der Waals surface area contributed by atoms with Crippen molar-refractivity contribution in [2.75, 3.05) is 20.3 Å². The van der Waals surface area contributed by atoms with E-state index in [9.17, 15) is 10.1 Å². The van der Waals surface area contributed by atoms with E-state index in [0.717, 1.165) is 25.8 Å². The largest absolute Gasteiger partial charge is 0.381 e. The van der Waals surface area contributed by atoms with Gasteiger partial charge in [0, 0.05) is 25.6 Å². The zero-order valence-corrected chi connectivity index (χ0v) is 9.03. The molecule has 0 aromatic carbocycles. The summed E-state index contributed by atoms with van der Waals surface area (Å²) in [5, 5.41) is 16.1. The van der Waals surface area contributed by atoms with Crippen LogP contribution in [0.15, 0.2) is 12.0 Å². The SMILES string of the molecule is CNC(=C[N+](=O)[O-])NC(C)C1CCOC1. The van der Waals surface area contributed by atoms with Crippen LogP contribution >= 0.6 is 0 Å². The molecule has 0 aromatic heterocycles. The highest BCUT2D eigenvalue weighted by atomic mass is 16.6. The molecule has 2 atom stereocenters. The van der Waals surface area contributed by atoms with E-state index in [1.165, 1.54) is 0 Å². The molecule has 15 heavy (non-hydrogen) atoms. The lowest BCUT2D eigenvalue weighted by Gasteiger charge is -2.20. The summed E-state index contributed by atoms with van der Waals surface area (Å²) in [5.74, 6) is 0.855. The van der Waals surface area contributed by atoms with E-state index in [1.54, 1.807) is 7.05 Å². The lowest BCUT2D eigenvalue weighted by Crippen LogP contribution is -2.37. The molecule has 86 valence electrons. The zero-order valence-electron chi connectivity index (χ0n) is 9.03. The highest BCUT2D eigenvalue weighted by Crippen LogP contribution is 2.16. The van der Waals surface area contributed by atoms with Crippen molar-refractivity contribution in [1.82, 2.24) is 10.6 Å². The molecule has 0 aromatic rings. The zero-order chi connectivity index (χ0) is 11.3. The number of nitro groups is 1. The van der Waals surface area contributed by atoms with Gasteiger partial charge in [0.2, 0.25) is 0 Å². The summed E-state index contributed by atoms with van der Waals surface area (Å²) in [6.07, 6.45) is 1.94. The van der Waals surface area contributed by atoms with Crippen LogP contribution in [0.1, 0.15) is 13.3 Å². The minimum atomic E-state index is -0.475. The molecule has 1 heterocycles. The van der Waals surface area contributed by atoms with Gasteiger partial charge in [0.25, 0.3) is 6.20 Å². The van der Waals surface area contributed by atoms with Crippen LogP contribution < -0.4 is 10.6 Å². The van der Waals surface area contributed by atoms with Crippen molar-refractivity contribution in [2.24, 2.45) is 5.92 Å². The highest BCUT2D eigenvalue weighted by Gasteiger charge is 2.22. The Balaban J connectivity index is 2.46. The van der Waals surface area contributed by atoms with Crippen LogP contribution in [0.4, 0.5) is 0 Å². The molecular formula is C9H17N3O3. The van der Waals surface area contributed by atoms with E-state index < -0.39 is 4.92 Å². The fraction of sp³-hybridized carbons (Fsp3) is 0.778. The predicted molar refractivity (Wildman–Crippen MR) is 55.7 cm³/mol. The second kappa shape index (κ2) is 5.55. The second-order valence-corrected chi connectivity index (χ2v) is 3.63. The number of hydrogen-bond acceptors (Lipinski definition) is 5. The van der Waals surface area contributed by atoms with Crippen LogP contribution in [-0.2, 0) is 4.74 Å². The van der Waals surface area contributed by atoms with Gasteiger partial charge in [-0.15, -0.1) is 0 Å². The average molecular weight is 215 g/mol. The molecule has 0 amide bonds. The van der Waals surface area contributed by atoms with Crippen molar-refractivity contribution in [2.45, 2.75) is 19.4 Å². The van der Waals surface area contributed by atoms with Gasteiger partial charge in [0.05, 0.1) is 11.5 Å². The Kier molecular flexibility index (Phi) is 4.36. The molecule has 2 N–H and O–H groups in total. The molecule has 0 radical (unpaired) electrons. The van der Waals surface area contributed by atoms with Crippen molar-refractivity contribution < 1.29 is 9.66 Å². The molecule has 1 aliphatic heterocycles. The van der Waals surface area contributed by atoms with Gasteiger partial charge in [-0.3, -0.25) is 10.1 Å². The third kappa shape index (κ3) is 3.75. The Morgan fingerprint density at radius 3 is 2.93 bits per heavy atom. The minimum absolute atomic E-state index is 0.172. The Morgan fingerprint density at radius 1 is 1.73 bits per heavy atom. The topological polar surface area (TPSA) is 76.4 Å². The molecule has 0 aliphatic carbocycles. The van der Waals surface area contributed by atoms with Gasteiger partial charge in [-0.1, -0.05) is 0 Å². The molecule has 1 rings (SSSR count). The summed E-state index contributed by atoms with van der Waals surface area (Å²) in [6.45, 7) is 3.51. The number of hydrogen-bond donors (Lipinski definition) is 2. The van der Waals surface area contributed by atoms with E-state index >= 15 is 0 Å². The molecule has 6 heteroatoms. The van der Waals surface area contributed by atoms with Gasteiger partial charge in [0.1, 0.15) is 0 Å². The van der Waals surface area contributed by atoms with Gasteiger partial charge in [-0.25, -0.2) is 0 Å². The Hall–Kier alpha value is -1.30. The second-order valence-electron chi connectivity index (χ2n) is 3.63. The van der Waals surface area contributed by atoms with E-state index in [4.69, 9.17) is 4.74 Å². The van der Waals surface area contributed by atoms with E-state index in [-0.39, 0.29) is 6.04 Å². The van der Waals surface area contributed by atoms with Crippen molar-refractivity contribution in [3.63, 3.8) is 0 Å². The normalized spacial score (nSPS) is 23.6. The third-order valence-corrected chi connectivity index (χ3v) is 2.56. The van der Waals surface area contributed by atoms with Gasteiger partial charge < -0.3 is 15.4 Å². The smallest absolute Gasteiger partial charge is 0.274 e. The van der Waals surface area contributed by atoms with Gasteiger partial charge in [0.15, 0.2) is 5.82 Å². The van der Waals surface area contributed by atoms with Crippen LogP contribution in [0.3, 0.4) is 0 Å². The Labute approximate surface area is 88.8 Å². The summed E-state index contributed by atoms with van der Waals surface area (Å²) in [5.41, 5.74) is 0. The highest BCUT2D eigenvalue weighted by molar-refractivity contribution is 4.94. The van der Waals surface area contributed by atoms with Crippen LogP contribution in [0.5, 0.6) is 0 Å². The molecule has 1 saturated heterocycles. The van der Waals surface area contributed by atoms with E-state index in [1.807, 2.05) is 6.92 Å².